The normalized spacial score (nSPS) is 12.7. The van der Waals surface area contributed by atoms with Crippen molar-refractivity contribution in [2.75, 3.05) is 7.05 Å². The maximum Gasteiger partial charge on any atom is 0.0656 e. The first-order chi connectivity index (χ1) is 8.60. The van der Waals surface area contributed by atoms with Gasteiger partial charge in [0.1, 0.15) is 0 Å². The first-order valence-corrected chi connectivity index (χ1v) is 8.16. The standard InChI is InChI=1S/C13H12Cl2INS/c1-17-12(9-5-13(16)18-7-9)4-8-2-3-10(14)6-11(8)15/h2-3,5-7,12,17H,4H2,1H3. The van der Waals surface area contributed by atoms with Gasteiger partial charge in [0.2, 0.25) is 0 Å². The van der Waals surface area contributed by atoms with Crippen LogP contribution < -0.4 is 5.32 Å². The van der Waals surface area contributed by atoms with E-state index >= 15 is 0 Å². The highest BCUT2D eigenvalue weighted by Gasteiger charge is 2.13. The highest BCUT2D eigenvalue weighted by Crippen LogP contribution is 2.28. The molecule has 1 unspecified atom stereocenters. The second kappa shape index (κ2) is 6.57. The van der Waals surface area contributed by atoms with Crippen molar-refractivity contribution in [2.45, 2.75) is 12.5 Å². The molecular formula is C13H12Cl2INS. The van der Waals surface area contributed by atoms with Crippen molar-refractivity contribution in [1.82, 2.24) is 5.32 Å². The number of hydrogen-bond donors (Lipinski definition) is 1. The molecule has 0 aliphatic carbocycles. The Bertz CT molecular complexity index is 542. The summed E-state index contributed by atoms with van der Waals surface area (Å²) in [5, 5.41) is 6.93. The molecule has 1 nitrogen and oxygen atoms in total. The molecule has 5 heteroatoms. The number of likely N-dealkylation sites (N-methyl/N-ethyl adjacent to an activating group) is 1. The van der Waals surface area contributed by atoms with Crippen molar-refractivity contribution >= 4 is 57.1 Å². The summed E-state index contributed by atoms with van der Waals surface area (Å²) in [6, 6.07) is 8.15. The van der Waals surface area contributed by atoms with Crippen LogP contribution in [0.1, 0.15) is 17.2 Å². The van der Waals surface area contributed by atoms with E-state index in [4.69, 9.17) is 23.2 Å². The molecule has 0 saturated carbocycles. The van der Waals surface area contributed by atoms with Crippen LogP contribution in [0.5, 0.6) is 0 Å². The summed E-state index contributed by atoms with van der Waals surface area (Å²) >= 11 is 16.2. The Kier molecular flexibility index (Phi) is 5.33. The minimum atomic E-state index is 0.281. The predicted octanol–water partition coefficient (Wildman–Crippen LogP) is 5.16. The number of thiophene rings is 1. The van der Waals surface area contributed by atoms with Crippen LogP contribution in [-0.4, -0.2) is 7.05 Å². The monoisotopic (exact) mass is 411 g/mol. The van der Waals surface area contributed by atoms with Crippen LogP contribution in [0.4, 0.5) is 0 Å². The number of benzene rings is 1. The van der Waals surface area contributed by atoms with Gasteiger partial charge in [-0.3, -0.25) is 0 Å². The lowest BCUT2D eigenvalue weighted by Crippen LogP contribution is -2.18. The van der Waals surface area contributed by atoms with Gasteiger partial charge in [-0.15, -0.1) is 11.3 Å². The van der Waals surface area contributed by atoms with Gasteiger partial charge in [0, 0.05) is 16.1 Å². The first kappa shape index (κ1) is 14.6. The number of hydrogen-bond acceptors (Lipinski definition) is 2. The van der Waals surface area contributed by atoms with E-state index in [1.807, 2.05) is 19.2 Å². The van der Waals surface area contributed by atoms with E-state index in [-0.39, 0.29) is 6.04 Å². The molecule has 18 heavy (non-hydrogen) atoms. The van der Waals surface area contributed by atoms with E-state index in [2.05, 4.69) is 39.4 Å². The summed E-state index contributed by atoms with van der Waals surface area (Å²) < 4.78 is 1.30. The molecule has 1 heterocycles. The van der Waals surface area contributed by atoms with Gasteiger partial charge in [0.05, 0.1) is 2.88 Å². The van der Waals surface area contributed by atoms with Crippen LogP contribution in [0.15, 0.2) is 29.6 Å². The Morgan fingerprint density at radius 2 is 2.11 bits per heavy atom. The molecule has 0 saturated heterocycles. The fraction of sp³-hybridized carbons (Fsp3) is 0.231. The zero-order chi connectivity index (χ0) is 13.1. The number of rotatable bonds is 4. The highest BCUT2D eigenvalue weighted by atomic mass is 127. The minimum absolute atomic E-state index is 0.281. The Balaban J connectivity index is 2.20. The van der Waals surface area contributed by atoms with E-state index in [1.54, 1.807) is 17.4 Å². The molecule has 0 bridgehead atoms. The van der Waals surface area contributed by atoms with Crippen molar-refractivity contribution < 1.29 is 0 Å². The van der Waals surface area contributed by atoms with Gasteiger partial charge < -0.3 is 5.32 Å². The molecule has 0 aliphatic heterocycles. The quantitative estimate of drug-likeness (QED) is 0.685. The second-order valence-electron chi connectivity index (χ2n) is 3.97. The van der Waals surface area contributed by atoms with Crippen molar-refractivity contribution in [3.63, 3.8) is 0 Å². The van der Waals surface area contributed by atoms with Crippen molar-refractivity contribution in [2.24, 2.45) is 0 Å². The van der Waals surface area contributed by atoms with Gasteiger partial charge in [0.25, 0.3) is 0 Å². The molecule has 0 radical (unpaired) electrons. The highest BCUT2D eigenvalue weighted by molar-refractivity contribution is 14.1. The predicted molar refractivity (Wildman–Crippen MR) is 89.0 cm³/mol. The zero-order valence-corrected chi connectivity index (χ0v) is 14.2. The molecule has 1 aromatic heterocycles. The smallest absolute Gasteiger partial charge is 0.0656 e. The lowest BCUT2D eigenvalue weighted by atomic mass is 10.0. The SMILES string of the molecule is CNC(Cc1ccc(Cl)cc1Cl)c1csc(I)c1. The van der Waals surface area contributed by atoms with Crippen LogP contribution in [0.2, 0.25) is 10.0 Å². The fourth-order valence-corrected chi connectivity index (χ4v) is 3.71. The lowest BCUT2D eigenvalue weighted by molar-refractivity contribution is 0.594. The van der Waals surface area contributed by atoms with Crippen LogP contribution >= 0.6 is 57.1 Å². The fourth-order valence-electron chi connectivity index (χ4n) is 1.80. The van der Waals surface area contributed by atoms with Crippen molar-refractivity contribution in [3.05, 3.63) is 53.7 Å². The maximum absolute atomic E-state index is 6.21. The molecule has 2 aromatic rings. The van der Waals surface area contributed by atoms with Gasteiger partial charge in [-0.2, -0.15) is 0 Å². The maximum atomic E-state index is 6.21. The van der Waals surface area contributed by atoms with E-state index in [0.29, 0.717) is 5.02 Å². The van der Waals surface area contributed by atoms with Crippen LogP contribution in [-0.2, 0) is 6.42 Å². The Labute approximate surface area is 135 Å². The van der Waals surface area contributed by atoms with Gasteiger partial charge in [-0.1, -0.05) is 29.3 Å². The summed E-state index contributed by atoms with van der Waals surface area (Å²) in [7, 11) is 1.97. The molecule has 2 rings (SSSR count). The van der Waals surface area contributed by atoms with Crippen LogP contribution in [0, 0.1) is 2.88 Å². The third-order valence-electron chi connectivity index (χ3n) is 2.78. The molecule has 0 spiro atoms. The molecular weight excluding hydrogens is 400 g/mol. The molecule has 1 aromatic carbocycles. The van der Waals surface area contributed by atoms with Gasteiger partial charge in [-0.25, -0.2) is 0 Å². The van der Waals surface area contributed by atoms with Gasteiger partial charge in [-0.05, 0) is 70.8 Å². The van der Waals surface area contributed by atoms with Gasteiger partial charge >= 0.3 is 0 Å². The third-order valence-corrected chi connectivity index (χ3v) is 5.17. The summed E-state index contributed by atoms with van der Waals surface area (Å²) in [5.41, 5.74) is 2.42. The third kappa shape index (κ3) is 3.61. The summed E-state index contributed by atoms with van der Waals surface area (Å²) in [6.07, 6.45) is 0.860. The molecule has 1 N–H and O–H groups in total. The van der Waals surface area contributed by atoms with Crippen molar-refractivity contribution in [3.8, 4) is 0 Å². The first-order valence-electron chi connectivity index (χ1n) is 5.45. The molecule has 0 aliphatic rings. The second-order valence-corrected chi connectivity index (χ2v) is 7.61. The van der Waals surface area contributed by atoms with E-state index in [0.717, 1.165) is 17.0 Å². The Hall–Kier alpha value is 0.190. The topological polar surface area (TPSA) is 12.0 Å². The van der Waals surface area contributed by atoms with Crippen LogP contribution in [0.25, 0.3) is 0 Å². The largest absolute Gasteiger partial charge is 0.313 e. The summed E-state index contributed by atoms with van der Waals surface area (Å²) in [4.78, 5) is 0. The molecule has 96 valence electrons. The molecule has 0 amide bonds. The molecule has 0 fully saturated rings. The summed E-state index contributed by atoms with van der Waals surface area (Å²) in [6.45, 7) is 0. The van der Waals surface area contributed by atoms with E-state index in [9.17, 15) is 0 Å². The summed E-state index contributed by atoms with van der Waals surface area (Å²) in [5.74, 6) is 0. The molecule has 1 atom stereocenters. The lowest BCUT2D eigenvalue weighted by Gasteiger charge is -2.16. The minimum Gasteiger partial charge on any atom is -0.313 e. The number of nitrogens with one attached hydrogen (secondary N) is 1. The van der Waals surface area contributed by atoms with E-state index in [1.165, 1.54) is 8.45 Å². The average molecular weight is 412 g/mol. The number of halogens is 3. The van der Waals surface area contributed by atoms with Gasteiger partial charge in [0.15, 0.2) is 0 Å². The van der Waals surface area contributed by atoms with E-state index < -0.39 is 0 Å². The Morgan fingerprint density at radius 3 is 2.67 bits per heavy atom. The Morgan fingerprint density at radius 1 is 1.33 bits per heavy atom. The van der Waals surface area contributed by atoms with Crippen molar-refractivity contribution in [1.29, 1.82) is 0 Å². The van der Waals surface area contributed by atoms with Crippen LogP contribution in [0.3, 0.4) is 0 Å². The zero-order valence-electron chi connectivity index (χ0n) is 9.71. The average Bonchev–Trinajstić information content (AvgIpc) is 2.75.